The van der Waals surface area contributed by atoms with Gasteiger partial charge in [-0.2, -0.15) is 9.97 Å². The molecule has 1 aromatic heterocycles. The van der Waals surface area contributed by atoms with Crippen LogP contribution in [0.1, 0.15) is 28.1 Å². The van der Waals surface area contributed by atoms with E-state index in [4.69, 9.17) is 16.6 Å². The maximum absolute atomic E-state index is 6.46. The second kappa shape index (κ2) is 8.47. The van der Waals surface area contributed by atoms with Gasteiger partial charge in [0.1, 0.15) is 0 Å². The number of hydrogen-bond donors (Lipinski definition) is 0. The van der Waals surface area contributed by atoms with Crippen LogP contribution in [0, 0.1) is 0 Å². The summed E-state index contributed by atoms with van der Waals surface area (Å²) in [5.41, 5.74) is 11.1. The van der Waals surface area contributed by atoms with E-state index in [-0.39, 0.29) is 5.28 Å². The summed E-state index contributed by atoms with van der Waals surface area (Å²) in [5, 5.41) is 0.136. The van der Waals surface area contributed by atoms with Crippen molar-refractivity contribution < 1.29 is 0 Å². The van der Waals surface area contributed by atoms with Gasteiger partial charge in [0.25, 0.3) is 0 Å². The van der Waals surface area contributed by atoms with E-state index in [0.29, 0.717) is 11.6 Å². The number of allylic oxidation sites excluding steroid dienone is 4. The Bertz CT molecular complexity index is 1790. The van der Waals surface area contributed by atoms with E-state index >= 15 is 0 Å². The number of rotatable bonds is 4. The van der Waals surface area contributed by atoms with Crippen LogP contribution in [-0.4, -0.2) is 15.0 Å². The van der Waals surface area contributed by atoms with Gasteiger partial charge in [0.15, 0.2) is 11.6 Å². The second-order valence-electron chi connectivity index (χ2n) is 9.43. The lowest BCUT2D eigenvalue weighted by molar-refractivity contribution is 0.794. The zero-order chi connectivity index (χ0) is 25.9. The van der Waals surface area contributed by atoms with Crippen molar-refractivity contribution in [2.24, 2.45) is 0 Å². The number of aromatic nitrogens is 3. The average molecular weight is 508 g/mol. The Morgan fingerprint density at radius 1 is 0.632 bits per heavy atom. The van der Waals surface area contributed by atoms with Crippen LogP contribution in [0.15, 0.2) is 122 Å². The normalized spacial score (nSPS) is 14.0. The minimum atomic E-state index is -0.427. The van der Waals surface area contributed by atoms with Crippen molar-refractivity contribution in [2.45, 2.75) is 5.41 Å². The fourth-order valence-electron chi connectivity index (χ4n) is 6.29. The molecule has 0 unspecified atom stereocenters. The molecule has 4 aromatic carbocycles. The molecule has 5 aromatic rings. The standard InChI is InChI=1S/C34H22ClN3/c1-3-12-21(4-2)31-36-32(38-33(35)37-31)25-16-11-20-29-30(25)24-15-7-10-19-28(24)34(29)26-17-8-5-13-22(26)23-14-6-9-18-27(23)34/h3-20H,1-2H2/b21-12+. The molecule has 0 atom stereocenters. The maximum atomic E-state index is 6.46. The quantitative estimate of drug-likeness (QED) is 0.225. The van der Waals surface area contributed by atoms with Gasteiger partial charge in [-0.25, -0.2) is 4.98 Å². The van der Waals surface area contributed by atoms with E-state index < -0.39 is 5.41 Å². The monoisotopic (exact) mass is 507 g/mol. The molecule has 0 aliphatic heterocycles. The first-order valence-corrected chi connectivity index (χ1v) is 12.9. The summed E-state index contributed by atoms with van der Waals surface area (Å²) in [5.74, 6) is 0.991. The Hall–Kier alpha value is -4.60. The third-order valence-electron chi connectivity index (χ3n) is 7.65. The third kappa shape index (κ3) is 2.94. The zero-order valence-corrected chi connectivity index (χ0v) is 21.3. The largest absolute Gasteiger partial charge is 0.226 e. The number of fused-ring (bicyclic) bond motifs is 10. The van der Waals surface area contributed by atoms with Gasteiger partial charge >= 0.3 is 0 Å². The summed E-state index contributed by atoms with van der Waals surface area (Å²) in [6, 6.07) is 32.6. The molecule has 2 aliphatic rings. The lowest BCUT2D eigenvalue weighted by Gasteiger charge is -2.30. The molecule has 0 saturated carbocycles. The Balaban J connectivity index is 1.58. The highest BCUT2D eigenvalue weighted by Gasteiger charge is 2.52. The molecule has 0 radical (unpaired) electrons. The van der Waals surface area contributed by atoms with Crippen LogP contribution in [0.25, 0.3) is 39.2 Å². The van der Waals surface area contributed by atoms with Crippen molar-refractivity contribution in [3.63, 3.8) is 0 Å². The second-order valence-corrected chi connectivity index (χ2v) is 9.77. The molecule has 4 heteroatoms. The molecule has 0 amide bonds. The Morgan fingerprint density at radius 2 is 1.18 bits per heavy atom. The van der Waals surface area contributed by atoms with E-state index in [0.717, 1.165) is 16.7 Å². The molecular formula is C34H22ClN3. The summed E-state index contributed by atoms with van der Waals surface area (Å²) in [7, 11) is 0. The van der Waals surface area contributed by atoms with Crippen LogP contribution < -0.4 is 0 Å². The minimum absolute atomic E-state index is 0.136. The number of hydrogen-bond acceptors (Lipinski definition) is 3. The average Bonchev–Trinajstić information content (AvgIpc) is 3.43. The first-order valence-electron chi connectivity index (χ1n) is 12.5. The lowest BCUT2D eigenvalue weighted by atomic mass is 9.70. The van der Waals surface area contributed by atoms with Crippen LogP contribution in [-0.2, 0) is 5.41 Å². The molecule has 0 bridgehead atoms. The molecule has 7 rings (SSSR count). The predicted molar refractivity (Wildman–Crippen MR) is 155 cm³/mol. The third-order valence-corrected chi connectivity index (χ3v) is 7.81. The summed E-state index contributed by atoms with van der Waals surface area (Å²) in [6.07, 6.45) is 5.20. The highest BCUT2D eigenvalue weighted by atomic mass is 35.5. The van der Waals surface area contributed by atoms with Gasteiger partial charge in [-0.1, -0.05) is 122 Å². The van der Waals surface area contributed by atoms with Crippen molar-refractivity contribution in [3.05, 3.63) is 156 Å². The maximum Gasteiger partial charge on any atom is 0.226 e. The molecule has 0 fully saturated rings. The summed E-state index contributed by atoms with van der Waals surface area (Å²) in [4.78, 5) is 13.8. The van der Waals surface area contributed by atoms with Crippen LogP contribution in [0.2, 0.25) is 5.28 Å². The molecule has 1 spiro atoms. The van der Waals surface area contributed by atoms with Crippen molar-refractivity contribution in [1.29, 1.82) is 0 Å². The highest BCUT2D eigenvalue weighted by molar-refractivity contribution is 6.28. The summed E-state index contributed by atoms with van der Waals surface area (Å²) in [6.45, 7) is 7.71. The molecule has 1 heterocycles. The Morgan fingerprint density at radius 3 is 1.82 bits per heavy atom. The first kappa shape index (κ1) is 22.6. The lowest BCUT2D eigenvalue weighted by Crippen LogP contribution is -2.25. The van der Waals surface area contributed by atoms with Crippen molar-refractivity contribution >= 4 is 17.2 Å². The molecule has 2 aliphatic carbocycles. The van der Waals surface area contributed by atoms with Gasteiger partial charge in [-0.3, -0.25) is 0 Å². The van der Waals surface area contributed by atoms with Crippen molar-refractivity contribution in [3.8, 4) is 33.6 Å². The van der Waals surface area contributed by atoms with E-state index in [1.54, 1.807) is 12.2 Å². The van der Waals surface area contributed by atoms with Crippen LogP contribution in [0.5, 0.6) is 0 Å². The molecule has 180 valence electrons. The van der Waals surface area contributed by atoms with Crippen molar-refractivity contribution in [2.75, 3.05) is 0 Å². The number of halogens is 1. The van der Waals surface area contributed by atoms with Gasteiger partial charge in [-0.05, 0) is 56.1 Å². The van der Waals surface area contributed by atoms with Gasteiger partial charge < -0.3 is 0 Å². The number of nitrogens with zero attached hydrogens (tertiary/aromatic N) is 3. The van der Waals surface area contributed by atoms with Gasteiger partial charge in [0.2, 0.25) is 5.28 Å². The van der Waals surface area contributed by atoms with E-state index in [2.05, 4.69) is 114 Å². The topological polar surface area (TPSA) is 38.7 Å². The molecule has 38 heavy (non-hydrogen) atoms. The minimum Gasteiger partial charge on any atom is -0.208 e. The Labute approximate surface area is 226 Å². The Kier molecular flexibility index (Phi) is 5.04. The smallest absolute Gasteiger partial charge is 0.208 e. The van der Waals surface area contributed by atoms with E-state index in [9.17, 15) is 0 Å². The molecule has 0 saturated heterocycles. The van der Waals surface area contributed by atoms with Crippen molar-refractivity contribution in [1.82, 2.24) is 15.0 Å². The summed E-state index contributed by atoms with van der Waals surface area (Å²) < 4.78 is 0. The summed E-state index contributed by atoms with van der Waals surface area (Å²) >= 11 is 6.46. The molecular weight excluding hydrogens is 486 g/mol. The molecule has 3 nitrogen and oxygen atoms in total. The number of benzene rings is 4. The molecule has 0 N–H and O–H groups in total. The van der Waals surface area contributed by atoms with Crippen LogP contribution in [0.3, 0.4) is 0 Å². The SMILES string of the molecule is C=C/C=C(\C=C)c1nc(Cl)nc(-c2cccc3c2-c2ccccc2C32c3ccccc3-c3ccccc32)n1. The van der Waals surface area contributed by atoms with Gasteiger partial charge in [0.05, 0.1) is 5.41 Å². The van der Waals surface area contributed by atoms with Gasteiger partial charge in [-0.15, -0.1) is 0 Å². The predicted octanol–water partition coefficient (Wildman–Crippen LogP) is 8.29. The van der Waals surface area contributed by atoms with E-state index in [1.807, 2.05) is 6.08 Å². The highest BCUT2D eigenvalue weighted by Crippen LogP contribution is 2.63. The van der Waals surface area contributed by atoms with Crippen LogP contribution in [0.4, 0.5) is 0 Å². The fourth-order valence-corrected chi connectivity index (χ4v) is 6.45. The van der Waals surface area contributed by atoms with E-state index in [1.165, 1.54) is 38.9 Å². The fraction of sp³-hybridized carbons (Fsp3) is 0.0294. The zero-order valence-electron chi connectivity index (χ0n) is 20.5. The van der Waals surface area contributed by atoms with Gasteiger partial charge in [0, 0.05) is 11.1 Å². The first-order chi connectivity index (χ1) is 18.7. The van der Waals surface area contributed by atoms with Crippen LogP contribution >= 0.6 is 11.6 Å².